The Bertz CT molecular complexity index is 832. The third kappa shape index (κ3) is 4.13. The highest BCUT2D eigenvalue weighted by molar-refractivity contribution is 7.99. The van der Waals surface area contributed by atoms with E-state index in [9.17, 15) is 5.11 Å². The molecule has 1 N–H and O–H groups in total. The van der Waals surface area contributed by atoms with E-state index < -0.39 is 0 Å². The lowest BCUT2D eigenvalue weighted by atomic mass is 10.1. The van der Waals surface area contributed by atoms with Crippen molar-refractivity contribution in [1.82, 2.24) is 9.80 Å². The Labute approximate surface area is 164 Å². The van der Waals surface area contributed by atoms with Gasteiger partial charge in [-0.3, -0.25) is 4.90 Å². The third-order valence-corrected chi connectivity index (χ3v) is 6.07. The fourth-order valence-corrected chi connectivity index (χ4v) is 4.52. The average Bonchev–Trinajstić information content (AvgIpc) is 2.85. The summed E-state index contributed by atoms with van der Waals surface area (Å²) in [7, 11) is 0. The Kier molecular flexibility index (Phi) is 5.66. The summed E-state index contributed by atoms with van der Waals surface area (Å²) in [5.74, 6) is 1.31. The van der Waals surface area contributed by atoms with Gasteiger partial charge in [0, 0.05) is 54.7 Å². The van der Waals surface area contributed by atoms with E-state index in [2.05, 4.69) is 34.1 Å². The van der Waals surface area contributed by atoms with Gasteiger partial charge in [0.25, 0.3) is 0 Å². The van der Waals surface area contributed by atoms with Gasteiger partial charge in [-0.25, -0.2) is 4.99 Å². The van der Waals surface area contributed by atoms with Gasteiger partial charge in [-0.05, 0) is 31.2 Å². The number of hydrogen-bond acceptors (Lipinski definition) is 6. The van der Waals surface area contributed by atoms with Crippen LogP contribution >= 0.6 is 11.8 Å². The summed E-state index contributed by atoms with van der Waals surface area (Å²) in [6, 6.07) is 13.8. The van der Waals surface area contributed by atoms with Gasteiger partial charge in [0.05, 0.1) is 12.3 Å². The average molecular weight is 384 g/mol. The Hall–Kier alpha value is -2.02. The summed E-state index contributed by atoms with van der Waals surface area (Å²) in [4.78, 5) is 12.0. The second kappa shape index (κ2) is 8.33. The van der Waals surface area contributed by atoms with Gasteiger partial charge in [0.2, 0.25) is 0 Å². The maximum Gasteiger partial charge on any atom is 0.137 e. The van der Waals surface area contributed by atoms with Crippen LogP contribution in [0.4, 0.5) is 5.69 Å². The van der Waals surface area contributed by atoms with Crippen molar-refractivity contribution in [2.45, 2.75) is 16.7 Å². The first-order chi connectivity index (χ1) is 13.2. The summed E-state index contributed by atoms with van der Waals surface area (Å²) >= 11 is 1.67. The number of benzene rings is 2. The van der Waals surface area contributed by atoms with Gasteiger partial charge in [-0.2, -0.15) is 0 Å². The van der Waals surface area contributed by atoms with Crippen molar-refractivity contribution < 1.29 is 9.84 Å². The standard InChI is InChI=1S/C21H25N3O2S/c1-2-26-14-13-23-9-11-24(12-10-23)21-17-5-3-4-6-19(17)27-20-15-16(25)7-8-18(20)22-21/h3-8,15,25H,2,9-14H2,1H3. The molecule has 0 saturated carbocycles. The van der Waals surface area contributed by atoms with Crippen molar-refractivity contribution in [2.24, 2.45) is 4.99 Å². The van der Waals surface area contributed by atoms with Gasteiger partial charge >= 0.3 is 0 Å². The minimum Gasteiger partial charge on any atom is -0.508 e. The van der Waals surface area contributed by atoms with Crippen LogP contribution in [-0.4, -0.2) is 66.7 Å². The highest BCUT2D eigenvalue weighted by Gasteiger charge is 2.25. The Balaban J connectivity index is 1.58. The Morgan fingerprint density at radius 1 is 1.07 bits per heavy atom. The predicted molar refractivity (Wildman–Crippen MR) is 109 cm³/mol. The number of hydrogen-bond donors (Lipinski definition) is 1. The van der Waals surface area contributed by atoms with Gasteiger partial charge in [0.15, 0.2) is 0 Å². The largest absolute Gasteiger partial charge is 0.508 e. The van der Waals surface area contributed by atoms with Crippen LogP contribution in [0.15, 0.2) is 57.2 Å². The summed E-state index contributed by atoms with van der Waals surface area (Å²) in [6.45, 7) is 8.55. The fraction of sp³-hybridized carbons (Fsp3) is 0.381. The Morgan fingerprint density at radius 2 is 1.89 bits per heavy atom. The summed E-state index contributed by atoms with van der Waals surface area (Å²) < 4.78 is 5.49. The molecule has 0 aliphatic carbocycles. The lowest BCUT2D eigenvalue weighted by Gasteiger charge is -2.36. The maximum atomic E-state index is 9.87. The fourth-order valence-electron chi connectivity index (χ4n) is 3.47. The molecule has 1 saturated heterocycles. The summed E-state index contributed by atoms with van der Waals surface area (Å²) in [5.41, 5.74) is 2.09. The normalized spacial score (nSPS) is 17.1. The van der Waals surface area contributed by atoms with Crippen LogP contribution in [0.2, 0.25) is 0 Å². The molecular weight excluding hydrogens is 358 g/mol. The molecule has 0 radical (unpaired) electrons. The van der Waals surface area contributed by atoms with Crippen LogP contribution in [0, 0.1) is 0 Å². The number of amidine groups is 1. The SMILES string of the molecule is CCOCCN1CCN(C2=Nc3ccc(O)cc3Sc3ccccc32)CC1. The van der Waals surface area contributed by atoms with Crippen LogP contribution in [0.25, 0.3) is 0 Å². The molecule has 2 aliphatic rings. The number of phenolic OH excluding ortho intramolecular Hbond substituents is 1. The molecular formula is C21H25N3O2S. The number of ether oxygens (including phenoxy) is 1. The highest BCUT2D eigenvalue weighted by atomic mass is 32.2. The van der Waals surface area contributed by atoms with Crippen LogP contribution < -0.4 is 0 Å². The van der Waals surface area contributed by atoms with Crippen LogP contribution in [0.5, 0.6) is 5.75 Å². The molecule has 2 aromatic carbocycles. The van der Waals surface area contributed by atoms with Crippen molar-refractivity contribution >= 4 is 23.3 Å². The molecule has 4 rings (SSSR count). The van der Waals surface area contributed by atoms with E-state index in [0.29, 0.717) is 0 Å². The second-order valence-electron chi connectivity index (χ2n) is 6.71. The molecule has 2 aromatic rings. The first kappa shape index (κ1) is 18.3. The number of aromatic hydroxyl groups is 1. The van der Waals surface area contributed by atoms with Crippen molar-refractivity contribution in [3.63, 3.8) is 0 Å². The van der Waals surface area contributed by atoms with Crippen molar-refractivity contribution in [3.8, 4) is 5.75 Å². The molecule has 0 atom stereocenters. The van der Waals surface area contributed by atoms with Gasteiger partial charge in [-0.15, -0.1) is 0 Å². The third-order valence-electron chi connectivity index (χ3n) is 4.95. The molecule has 0 unspecified atom stereocenters. The lowest BCUT2D eigenvalue weighted by Crippen LogP contribution is -2.49. The minimum atomic E-state index is 0.278. The zero-order valence-corrected chi connectivity index (χ0v) is 16.4. The predicted octanol–water partition coefficient (Wildman–Crippen LogP) is 3.59. The van der Waals surface area contributed by atoms with Crippen molar-refractivity contribution in [3.05, 3.63) is 48.0 Å². The first-order valence-electron chi connectivity index (χ1n) is 9.48. The van der Waals surface area contributed by atoms with Gasteiger partial charge in [-0.1, -0.05) is 30.0 Å². The maximum absolute atomic E-state index is 9.87. The van der Waals surface area contributed by atoms with E-state index in [0.717, 1.165) is 62.4 Å². The molecule has 27 heavy (non-hydrogen) atoms. The highest BCUT2D eigenvalue weighted by Crippen LogP contribution is 2.42. The van der Waals surface area contributed by atoms with E-state index in [1.807, 2.05) is 13.0 Å². The zero-order chi connectivity index (χ0) is 18.6. The monoisotopic (exact) mass is 383 g/mol. The zero-order valence-electron chi connectivity index (χ0n) is 15.6. The van der Waals surface area contributed by atoms with E-state index in [1.165, 1.54) is 10.5 Å². The van der Waals surface area contributed by atoms with Crippen LogP contribution in [-0.2, 0) is 4.74 Å². The molecule has 2 heterocycles. The lowest BCUT2D eigenvalue weighted by molar-refractivity contribution is 0.0962. The van der Waals surface area contributed by atoms with Crippen LogP contribution in [0.1, 0.15) is 12.5 Å². The van der Waals surface area contributed by atoms with Gasteiger partial charge in [0.1, 0.15) is 11.6 Å². The number of phenols is 1. The minimum absolute atomic E-state index is 0.278. The van der Waals surface area contributed by atoms with Crippen molar-refractivity contribution in [1.29, 1.82) is 0 Å². The molecule has 1 fully saturated rings. The van der Waals surface area contributed by atoms with Gasteiger partial charge < -0.3 is 14.7 Å². The molecule has 0 bridgehead atoms. The molecule has 142 valence electrons. The second-order valence-corrected chi connectivity index (χ2v) is 7.80. The first-order valence-corrected chi connectivity index (χ1v) is 10.3. The summed E-state index contributed by atoms with van der Waals surface area (Å²) in [5, 5.41) is 9.87. The molecule has 0 spiro atoms. The van der Waals surface area contributed by atoms with E-state index >= 15 is 0 Å². The quantitative estimate of drug-likeness (QED) is 0.818. The number of fused-ring (bicyclic) bond motifs is 2. The number of piperazine rings is 1. The smallest absolute Gasteiger partial charge is 0.137 e. The van der Waals surface area contributed by atoms with Crippen molar-refractivity contribution in [2.75, 3.05) is 45.9 Å². The number of rotatable bonds is 4. The van der Waals surface area contributed by atoms with E-state index in [1.54, 1.807) is 23.9 Å². The van der Waals surface area contributed by atoms with Crippen LogP contribution in [0.3, 0.4) is 0 Å². The number of nitrogens with zero attached hydrogens (tertiary/aromatic N) is 3. The summed E-state index contributed by atoms with van der Waals surface area (Å²) in [6.07, 6.45) is 0. The molecule has 0 amide bonds. The molecule has 0 aromatic heterocycles. The number of aliphatic imine (C=N–C) groups is 1. The molecule has 5 nitrogen and oxygen atoms in total. The molecule has 2 aliphatic heterocycles. The van der Waals surface area contributed by atoms with E-state index in [4.69, 9.17) is 9.73 Å². The van der Waals surface area contributed by atoms with E-state index in [-0.39, 0.29) is 5.75 Å². The topological polar surface area (TPSA) is 48.3 Å². The Morgan fingerprint density at radius 3 is 2.70 bits per heavy atom. The molecule has 6 heteroatoms.